The van der Waals surface area contributed by atoms with Gasteiger partial charge in [-0.25, -0.2) is 0 Å². The van der Waals surface area contributed by atoms with Crippen LogP contribution >= 0.6 is 11.6 Å². The Morgan fingerprint density at radius 1 is 1.47 bits per heavy atom. The molecule has 1 aromatic rings. The SMILES string of the molecule is CNCC1CCCN1C(=O)c1ccc(Cl)cc1. The van der Waals surface area contributed by atoms with E-state index < -0.39 is 0 Å². The molecule has 4 heteroatoms. The summed E-state index contributed by atoms with van der Waals surface area (Å²) in [6.07, 6.45) is 2.17. The lowest BCUT2D eigenvalue weighted by atomic mass is 10.1. The van der Waals surface area contributed by atoms with Crippen LogP contribution in [-0.2, 0) is 0 Å². The van der Waals surface area contributed by atoms with Crippen molar-refractivity contribution >= 4 is 17.5 Å². The van der Waals surface area contributed by atoms with Gasteiger partial charge >= 0.3 is 0 Å². The number of carbonyl (C=O) groups excluding carboxylic acids is 1. The van der Waals surface area contributed by atoms with E-state index >= 15 is 0 Å². The minimum Gasteiger partial charge on any atom is -0.334 e. The maximum atomic E-state index is 12.3. The molecular formula is C13H17ClN2O. The topological polar surface area (TPSA) is 32.3 Å². The van der Waals surface area contributed by atoms with Gasteiger partial charge < -0.3 is 10.2 Å². The van der Waals surface area contributed by atoms with E-state index in [-0.39, 0.29) is 5.91 Å². The number of nitrogens with zero attached hydrogens (tertiary/aromatic N) is 1. The van der Waals surface area contributed by atoms with Gasteiger partial charge in [-0.2, -0.15) is 0 Å². The van der Waals surface area contributed by atoms with E-state index in [1.807, 2.05) is 11.9 Å². The molecule has 1 amide bonds. The highest BCUT2D eigenvalue weighted by molar-refractivity contribution is 6.30. The van der Waals surface area contributed by atoms with Gasteiger partial charge in [0, 0.05) is 29.7 Å². The molecule has 1 aromatic carbocycles. The van der Waals surface area contributed by atoms with Gasteiger partial charge in [-0.1, -0.05) is 11.6 Å². The maximum absolute atomic E-state index is 12.3. The normalized spacial score (nSPS) is 19.6. The van der Waals surface area contributed by atoms with Crippen LogP contribution in [-0.4, -0.2) is 37.0 Å². The number of nitrogens with one attached hydrogen (secondary N) is 1. The highest BCUT2D eigenvalue weighted by Gasteiger charge is 2.28. The summed E-state index contributed by atoms with van der Waals surface area (Å²) in [5, 5.41) is 3.80. The van der Waals surface area contributed by atoms with E-state index in [0.717, 1.165) is 31.5 Å². The third-order valence-electron chi connectivity index (χ3n) is 3.17. The van der Waals surface area contributed by atoms with Crippen molar-refractivity contribution in [3.63, 3.8) is 0 Å². The van der Waals surface area contributed by atoms with Gasteiger partial charge in [0.2, 0.25) is 0 Å². The fourth-order valence-electron chi connectivity index (χ4n) is 2.31. The summed E-state index contributed by atoms with van der Waals surface area (Å²) in [7, 11) is 1.92. The van der Waals surface area contributed by atoms with E-state index in [9.17, 15) is 4.79 Å². The molecule has 1 N–H and O–H groups in total. The predicted molar refractivity (Wildman–Crippen MR) is 69.4 cm³/mol. The summed E-state index contributed by atoms with van der Waals surface area (Å²) in [6, 6.07) is 7.43. The average Bonchev–Trinajstić information content (AvgIpc) is 2.78. The van der Waals surface area contributed by atoms with Crippen molar-refractivity contribution in [2.24, 2.45) is 0 Å². The Bertz CT molecular complexity index is 391. The Kier molecular flexibility index (Phi) is 4.02. The summed E-state index contributed by atoms with van der Waals surface area (Å²) in [5.74, 6) is 0.111. The minimum atomic E-state index is 0.111. The second-order valence-corrected chi connectivity index (χ2v) is 4.80. The van der Waals surface area contributed by atoms with E-state index in [2.05, 4.69) is 5.32 Å². The van der Waals surface area contributed by atoms with E-state index in [1.54, 1.807) is 24.3 Å². The molecule has 0 aromatic heterocycles. The molecule has 0 bridgehead atoms. The molecule has 2 rings (SSSR count). The number of rotatable bonds is 3. The first-order valence-corrected chi connectivity index (χ1v) is 6.31. The lowest BCUT2D eigenvalue weighted by Gasteiger charge is -2.24. The second-order valence-electron chi connectivity index (χ2n) is 4.36. The Balaban J connectivity index is 2.11. The number of halogens is 1. The molecule has 0 spiro atoms. The highest BCUT2D eigenvalue weighted by atomic mass is 35.5. The lowest BCUT2D eigenvalue weighted by Crippen LogP contribution is -2.40. The number of amides is 1. The Morgan fingerprint density at radius 3 is 2.82 bits per heavy atom. The molecule has 1 heterocycles. The third kappa shape index (κ3) is 2.79. The molecule has 92 valence electrons. The zero-order valence-corrected chi connectivity index (χ0v) is 10.7. The third-order valence-corrected chi connectivity index (χ3v) is 3.42. The van der Waals surface area contributed by atoms with Crippen molar-refractivity contribution in [2.45, 2.75) is 18.9 Å². The predicted octanol–water partition coefficient (Wildman–Crippen LogP) is 2.16. The van der Waals surface area contributed by atoms with Gasteiger partial charge in [0.1, 0.15) is 0 Å². The van der Waals surface area contributed by atoms with Crippen LogP contribution in [0.25, 0.3) is 0 Å². The van der Waals surface area contributed by atoms with E-state index in [1.165, 1.54) is 0 Å². The van der Waals surface area contributed by atoms with Crippen molar-refractivity contribution in [1.29, 1.82) is 0 Å². The number of hydrogen-bond acceptors (Lipinski definition) is 2. The number of carbonyl (C=O) groups is 1. The summed E-state index contributed by atoms with van der Waals surface area (Å²) in [4.78, 5) is 14.3. The summed E-state index contributed by atoms with van der Waals surface area (Å²) in [6.45, 7) is 1.72. The summed E-state index contributed by atoms with van der Waals surface area (Å²) >= 11 is 5.82. The monoisotopic (exact) mass is 252 g/mol. The average molecular weight is 253 g/mol. The first-order chi connectivity index (χ1) is 8.22. The number of hydrogen-bond donors (Lipinski definition) is 1. The molecule has 3 nitrogen and oxygen atoms in total. The standard InChI is InChI=1S/C13H17ClN2O/c1-15-9-12-3-2-8-16(12)13(17)10-4-6-11(14)7-5-10/h4-7,12,15H,2-3,8-9H2,1H3. The van der Waals surface area contributed by atoms with Gasteiger partial charge in [0.25, 0.3) is 5.91 Å². The van der Waals surface area contributed by atoms with Crippen LogP contribution in [0.1, 0.15) is 23.2 Å². The first kappa shape index (κ1) is 12.4. The molecule has 0 radical (unpaired) electrons. The molecule has 0 saturated carbocycles. The summed E-state index contributed by atoms with van der Waals surface area (Å²) < 4.78 is 0. The Labute approximate surface area is 107 Å². The fourth-order valence-corrected chi connectivity index (χ4v) is 2.44. The van der Waals surface area contributed by atoms with Crippen molar-refractivity contribution < 1.29 is 4.79 Å². The molecule has 1 fully saturated rings. The van der Waals surface area contributed by atoms with Gasteiger partial charge in [-0.05, 0) is 44.2 Å². The van der Waals surface area contributed by atoms with Crippen LogP contribution in [0.2, 0.25) is 5.02 Å². The zero-order chi connectivity index (χ0) is 12.3. The Morgan fingerprint density at radius 2 is 2.18 bits per heavy atom. The fraction of sp³-hybridized carbons (Fsp3) is 0.462. The number of likely N-dealkylation sites (tertiary alicyclic amines) is 1. The van der Waals surface area contributed by atoms with Crippen LogP contribution in [0.15, 0.2) is 24.3 Å². The minimum absolute atomic E-state index is 0.111. The maximum Gasteiger partial charge on any atom is 0.254 e. The molecule has 1 atom stereocenters. The lowest BCUT2D eigenvalue weighted by molar-refractivity contribution is 0.0737. The highest BCUT2D eigenvalue weighted by Crippen LogP contribution is 2.20. The quantitative estimate of drug-likeness (QED) is 0.894. The zero-order valence-electron chi connectivity index (χ0n) is 9.95. The van der Waals surface area contributed by atoms with Crippen LogP contribution in [0.5, 0.6) is 0 Å². The van der Waals surface area contributed by atoms with Gasteiger partial charge in [0.15, 0.2) is 0 Å². The van der Waals surface area contributed by atoms with Gasteiger partial charge in [0.05, 0.1) is 0 Å². The second kappa shape index (κ2) is 5.52. The molecule has 1 aliphatic rings. The van der Waals surface area contributed by atoms with Crippen molar-refractivity contribution in [3.8, 4) is 0 Å². The van der Waals surface area contributed by atoms with Crippen LogP contribution in [0, 0.1) is 0 Å². The molecule has 1 aliphatic heterocycles. The number of benzene rings is 1. The molecule has 1 saturated heterocycles. The summed E-state index contributed by atoms with van der Waals surface area (Å²) in [5.41, 5.74) is 0.720. The van der Waals surface area contributed by atoms with Gasteiger partial charge in [-0.3, -0.25) is 4.79 Å². The van der Waals surface area contributed by atoms with Gasteiger partial charge in [-0.15, -0.1) is 0 Å². The van der Waals surface area contributed by atoms with Crippen LogP contribution < -0.4 is 5.32 Å². The Hall–Kier alpha value is -1.06. The molecular weight excluding hydrogens is 236 g/mol. The van der Waals surface area contributed by atoms with Crippen LogP contribution in [0.3, 0.4) is 0 Å². The number of likely N-dealkylation sites (N-methyl/N-ethyl adjacent to an activating group) is 1. The smallest absolute Gasteiger partial charge is 0.254 e. The largest absolute Gasteiger partial charge is 0.334 e. The van der Waals surface area contributed by atoms with E-state index in [0.29, 0.717) is 11.1 Å². The molecule has 1 unspecified atom stereocenters. The van der Waals surface area contributed by atoms with Crippen molar-refractivity contribution in [3.05, 3.63) is 34.9 Å². The molecule has 0 aliphatic carbocycles. The first-order valence-electron chi connectivity index (χ1n) is 5.93. The molecule has 17 heavy (non-hydrogen) atoms. The van der Waals surface area contributed by atoms with Crippen molar-refractivity contribution in [1.82, 2.24) is 10.2 Å². The van der Waals surface area contributed by atoms with Crippen molar-refractivity contribution in [2.75, 3.05) is 20.1 Å². The van der Waals surface area contributed by atoms with Crippen LogP contribution in [0.4, 0.5) is 0 Å². The van der Waals surface area contributed by atoms with E-state index in [4.69, 9.17) is 11.6 Å².